The van der Waals surface area contributed by atoms with Crippen LogP contribution in [0.25, 0.3) is 0 Å². The van der Waals surface area contributed by atoms with Gasteiger partial charge in [-0.05, 0) is 25.3 Å². The van der Waals surface area contributed by atoms with Crippen LogP contribution in [0.15, 0.2) is 18.5 Å². The number of hydrogen-bond donors (Lipinski definition) is 2. The largest absolute Gasteiger partial charge is 0.354 e. The summed E-state index contributed by atoms with van der Waals surface area (Å²) in [5, 5.41) is 7.44. The van der Waals surface area contributed by atoms with Gasteiger partial charge in [0.25, 0.3) is 0 Å². The average Bonchev–Trinajstić information content (AvgIpc) is 2.92. The number of nitrogens with one attached hydrogen (secondary N) is 1. The van der Waals surface area contributed by atoms with E-state index >= 15 is 0 Å². The molecule has 6 nitrogen and oxygen atoms in total. The zero-order chi connectivity index (χ0) is 15.5. The molecule has 1 aliphatic rings. The molecule has 22 heavy (non-hydrogen) atoms. The number of nitrogens with zero attached hydrogens (tertiary/aromatic N) is 4. The number of H-pyrrole nitrogens is 1. The first kappa shape index (κ1) is 15.0. The third-order valence-electron chi connectivity index (χ3n) is 4.26. The third-order valence-corrected chi connectivity index (χ3v) is 4.26. The Labute approximate surface area is 131 Å². The summed E-state index contributed by atoms with van der Waals surface area (Å²) in [4.78, 5) is 10.9. The number of aryl methyl sites for hydroxylation is 1. The van der Waals surface area contributed by atoms with E-state index in [1.165, 1.54) is 0 Å². The van der Waals surface area contributed by atoms with Crippen LogP contribution in [0.2, 0.25) is 0 Å². The van der Waals surface area contributed by atoms with Crippen molar-refractivity contribution >= 4 is 5.82 Å². The van der Waals surface area contributed by atoms with E-state index in [9.17, 15) is 0 Å². The topological polar surface area (TPSA) is 83.7 Å². The summed E-state index contributed by atoms with van der Waals surface area (Å²) in [5.41, 5.74) is 9.21. The van der Waals surface area contributed by atoms with Gasteiger partial charge in [-0.25, -0.2) is 9.97 Å². The molecule has 3 N–H and O–H groups in total. The standard InChI is InChI=1S/C16H24N6/c1-3-4-13-7-14(21-20-13)9-22(2)16-8-15(18-10-19-16)11-5-12(17)6-11/h7-8,10-12H,3-6,9,17H2,1-2H3,(H,20,21). The van der Waals surface area contributed by atoms with E-state index in [4.69, 9.17) is 5.73 Å². The summed E-state index contributed by atoms with van der Waals surface area (Å²) in [6.07, 6.45) is 5.83. The van der Waals surface area contributed by atoms with Crippen molar-refractivity contribution in [2.75, 3.05) is 11.9 Å². The Morgan fingerprint density at radius 1 is 1.32 bits per heavy atom. The normalized spacial score (nSPS) is 20.7. The maximum absolute atomic E-state index is 5.87. The molecule has 1 aliphatic carbocycles. The lowest BCUT2D eigenvalue weighted by Gasteiger charge is -2.32. The molecule has 0 aliphatic heterocycles. The molecule has 0 radical (unpaired) electrons. The fourth-order valence-corrected chi connectivity index (χ4v) is 2.91. The first-order chi connectivity index (χ1) is 10.7. The number of aromatic amines is 1. The minimum Gasteiger partial charge on any atom is -0.354 e. The quantitative estimate of drug-likeness (QED) is 0.852. The molecule has 118 valence electrons. The first-order valence-corrected chi connectivity index (χ1v) is 7.97. The minimum absolute atomic E-state index is 0.336. The van der Waals surface area contributed by atoms with Gasteiger partial charge in [0.15, 0.2) is 0 Å². The smallest absolute Gasteiger partial charge is 0.132 e. The van der Waals surface area contributed by atoms with E-state index in [0.717, 1.165) is 55.1 Å². The predicted octanol–water partition coefficient (Wildman–Crippen LogP) is 1.99. The molecule has 0 unspecified atom stereocenters. The molecule has 2 heterocycles. The molecule has 3 rings (SSSR count). The lowest BCUT2D eigenvalue weighted by molar-refractivity contribution is 0.345. The van der Waals surface area contributed by atoms with Gasteiger partial charge in [0.2, 0.25) is 0 Å². The van der Waals surface area contributed by atoms with Gasteiger partial charge in [0.05, 0.1) is 17.9 Å². The molecular weight excluding hydrogens is 276 g/mol. The van der Waals surface area contributed by atoms with E-state index in [2.05, 4.69) is 44.1 Å². The first-order valence-electron chi connectivity index (χ1n) is 7.97. The highest BCUT2D eigenvalue weighted by atomic mass is 15.2. The second-order valence-corrected chi connectivity index (χ2v) is 6.22. The SMILES string of the molecule is CCCc1cc(CN(C)c2cc(C3CC(N)C3)ncn2)[nH]n1. The molecule has 6 heteroatoms. The zero-order valence-corrected chi connectivity index (χ0v) is 13.3. The minimum atomic E-state index is 0.336. The van der Waals surface area contributed by atoms with Crippen molar-refractivity contribution in [3.05, 3.63) is 35.5 Å². The number of anilines is 1. The van der Waals surface area contributed by atoms with Crippen LogP contribution in [-0.2, 0) is 13.0 Å². The van der Waals surface area contributed by atoms with Crippen LogP contribution in [0.3, 0.4) is 0 Å². The molecule has 0 aromatic carbocycles. The lowest BCUT2D eigenvalue weighted by atomic mass is 9.78. The van der Waals surface area contributed by atoms with Gasteiger partial charge in [-0.15, -0.1) is 0 Å². The van der Waals surface area contributed by atoms with E-state index in [0.29, 0.717) is 12.0 Å². The lowest BCUT2D eigenvalue weighted by Crippen LogP contribution is -2.35. The molecule has 0 saturated heterocycles. The average molecular weight is 300 g/mol. The van der Waals surface area contributed by atoms with Crippen LogP contribution in [0.4, 0.5) is 5.82 Å². The maximum atomic E-state index is 5.87. The molecule has 2 aromatic heterocycles. The van der Waals surface area contributed by atoms with Crippen LogP contribution in [0.5, 0.6) is 0 Å². The Morgan fingerprint density at radius 3 is 2.86 bits per heavy atom. The summed E-state index contributed by atoms with van der Waals surface area (Å²) in [6.45, 7) is 2.92. The van der Waals surface area contributed by atoms with Crippen LogP contribution < -0.4 is 10.6 Å². The van der Waals surface area contributed by atoms with Gasteiger partial charge >= 0.3 is 0 Å². The second kappa shape index (κ2) is 6.44. The number of hydrogen-bond acceptors (Lipinski definition) is 5. The Kier molecular flexibility index (Phi) is 4.38. The van der Waals surface area contributed by atoms with Crippen molar-refractivity contribution in [3.8, 4) is 0 Å². The van der Waals surface area contributed by atoms with E-state index in [1.54, 1.807) is 6.33 Å². The summed E-state index contributed by atoms with van der Waals surface area (Å²) in [7, 11) is 2.04. The van der Waals surface area contributed by atoms with Crippen molar-refractivity contribution in [1.29, 1.82) is 0 Å². The predicted molar refractivity (Wildman–Crippen MR) is 86.7 cm³/mol. The van der Waals surface area contributed by atoms with E-state index in [-0.39, 0.29) is 0 Å². The molecule has 2 aromatic rings. The molecular formula is C16H24N6. The number of nitrogens with two attached hydrogens (primary N) is 1. The van der Waals surface area contributed by atoms with Crippen molar-refractivity contribution in [3.63, 3.8) is 0 Å². The van der Waals surface area contributed by atoms with E-state index < -0.39 is 0 Å². The number of rotatable bonds is 6. The summed E-state index contributed by atoms with van der Waals surface area (Å²) < 4.78 is 0. The van der Waals surface area contributed by atoms with Gasteiger partial charge in [-0.1, -0.05) is 13.3 Å². The highest BCUT2D eigenvalue weighted by molar-refractivity contribution is 5.39. The van der Waals surface area contributed by atoms with Gasteiger partial charge < -0.3 is 10.6 Å². The van der Waals surface area contributed by atoms with E-state index in [1.807, 2.05) is 7.05 Å². The van der Waals surface area contributed by atoms with Crippen molar-refractivity contribution in [2.24, 2.45) is 5.73 Å². The molecule has 1 fully saturated rings. The van der Waals surface area contributed by atoms with Crippen molar-refractivity contribution < 1.29 is 0 Å². The number of aromatic nitrogens is 4. The van der Waals surface area contributed by atoms with Crippen LogP contribution in [0, 0.1) is 0 Å². The Hall–Kier alpha value is -1.95. The maximum Gasteiger partial charge on any atom is 0.132 e. The second-order valence-electron chi connectivity index (χ2n) is 6.22. The monoisotopic (exact) mass is 300 g/mol. The Balaban J connectivity index is 1.66. The third kappa shape index (κ3) is 3.27. The fourth-order valence-electron chi connectivity index (χ4n) is 2.91. The molecule has 0 atom stereocenters. The van der Waals surface area contributed by atoms with Gasteiger partial charge in [-0.3, -0.25) is 5.10 Å². The Bertz CT molecular complexity index is 617. The highest BCUT2D eigenvalue weighted by Gasteiger charge is 2.28. The molecule has 0 bridgehead atoms. The highest BCUT2D eigenvalue weighted by Crippen LogP contribution is 2.35. The summed E-state index contributed by atoms with van der Waals surface area (Å²) in [6, 6.07) is 4.55. The van der Waals surface area contributed by atoms with Gasteiger partial charge in [0, 0.05) is 30.8 Å². The summed E-state index contributed by atoms with van der Waals surface area (Å²) in [5.74, 6) is 1.44. The van der Waals surface area contributed by atoms with Crippen LogP contribution in [-0.4, -0.2) is 33.3 Å². The van der Waals surface area contributed by atoms with Crippen LogP contribution >= 0.6 is 0 Å². The molecule has 0 spiro atoms. The Morgan fingerprint density at radius 2 is 2.14 bits per heavy atom. The fraction of sp³-hybridized carbons (Fsp3) is 0.562. The van der Waals surface area contributed by atoms with Crippen LogP contribution in [0.1, 0.15) is 49.2 Å². The molecule has 1 saturated carbocycles. The van der Waals surface area contributed by atoms with Gasteiger partial charge in [-0.2, -0.15) is 5.10 Å². The molecule has 0 amide bonds. The van der Waals surface area contributed by atoms with Crippen molar-refractivity contribution in [1.82, 2.24) is 20.2 Å². The van der Waals surface area contributed by atoms with Gasteiger partial charge in [0.1, 0.15) is 12.1 Å². The van der Waals surface area contributed by atoms with Crippen molar-refractivity contribution in [2.45, 2.75) is 51.1 Å². The zero-order valence-electron chi connectivity index (χ0n) is 13.3. The summed E-state index contributed by atoms with van der Waals surface area (Å²) >= 11 is 0.